The van der Waals surface area contributed by atoms with E-state index in [4.69, 9.17) is 0 Å². The summed E-state index contributed by atoms with van der Waals surface area (Å²) in [5.41, 5.74) is 0.667. The number of carbonyl (C=O) groups is 1. The van der Waals surface area contributed by atoms with Crippen LogP contribution in [0.1, 0.15) is 50.0 Å². The van der Waals surface area contributed by atoms with Gasteiger partial charge >= 0.3 is 0 Å². The van der Waals surface area contributed by atoms with Crippen LogP contribution < -0.4 is 0 Å². The Bertz CT molecular complexity index is 532. The molecule has 1 saturated heterocycles. The molecular formula is C18H22N2O. The van der Waals surface area contributed by atoms with Gasteiger partial charge in [-0.05, 0) is 37.2 Å². The van der Waals surface area contributed by atoms with Gasteiger partial charge in [0.15, 0.2) is 0 Å². The van der Waals surface area contributed by atoms with E-state index < -0.39 is 5.41 Å². The van der Waals surface area contributed by atoms with Gasteiger partial charge in [-0.15, -0.1) is 0 Å². The molecule has 0 aromatic heterocycles. The average molecular weight is 282 g/mol. The van der Waals surface area contributed by atoms with Gasteiger partial charge < -0.3 is 4.90 Å². The van der Waals surface area contributed by atoms with Gasteiger partial charge in [0.2, 0.25) is 5.91 Å². The first-order chi connectivity index (χ1) is 10.2. The first-order valence-corrected chi connectivity index (χ1v) is 8.01. The number of benzene rings is 1. The van der Waals surface area contributed by atoms with E-state index in [1.54, 1.807) is 0 Å². The molecule has 0 unspecified atom stereocenters. The normalized spacial score (nSPS) is 22.0. The van der Waals surface area contributed by atoms with Crippen molar-refractivity contribution in [2.45, 2.75) is 44.4 Å². The average Bonchev–Trinajstić information content (AvgIpc) is 3.05. The van der Waals surface area contributed by atoms with Crippen LogP contribution >= 0.6 is 0 Å². The minimum absolute atomic E-state index is 0.0917. The predicted octanol–water partition coefficient (Wildman–Crippen LogP) is 3.48. The molecule has 110 valence electrons. The second-order valence-electron chi connectivity index (χ2n) is 6.38. The maximum absolute atomic E-state index is 12.7. The molecule has 3 rings (SSSR count). The lowest BCUT2D eigenvalue weighted by atomic mass is 9.84. The highest BCUT2D eigenvalue weighted by atomic mass is 16.2. The van der Waals surface area contributed by atoms with Gasteiger partial charge in [0.25, 0.3) is 0 Å². The highest BCUT2D eigenvalue weighted by Gasteiger charge is 2.44. The highest BCUT2D eigenvalue weighted by molar-refractivity contribution is 5.86. The van der Waals surface area contributed by atoms with E-state index >= 15 is 0 Å². The summed E-state index contributed by atoms with van der Waals surface area (Å²) in [6.07, 6.45) is 5.55. The molecule has 1 amide bonds. The zero-order chi connectivity index (χ0) is 14.7. The van der Waals surface area contributed by atoms with Crippen LogP contribution in [-0.2, 0) is 4.79 Å². The van der Waals surface area contributed by atoms with Crippen LogP contribution in [0.2, 0.25) is 0 Å². The molecule has 3 heteroatoms. The molecule has 2 aliphatic rings. The van der Waals surface area contributed by atoms with E-state index in [1.165, 1.54) is 5.56 Å². The van der Waals surface area contributed by atoms with Crippen LogP contribution in [-0.4, -0.2) is 23.9 Å². The van der Waals surface area contributed by atoms with Gasteiger partial charge in [-0.1, -0.05) is 43.2 Å². The zero-order valence-corrected chi connectivity index (χ0v) is 12.4. The van der Waals surface area contributed by atoms with E-state index in [-0.39, 0.29) is 5.91 Å². The lowest BCUT2D eigenvalue weighted by Gasteiger charge is -2.36. The van der Waals surface area contributed by atoms with Crippen LogP contribution in [0.25, 0.3) is 0 Å². The number of hydrogen-bond acceptors (Lipinski definition) is 2. The Kier molecular flexibility index (Phi) is 3.96. The molecule has 3 nitrogen and oxygen atoms in total. The summed E-state index contributed by atoms with van der Waals surface area (Å²) in [5.74, 6) is 0.644. The van der Waals surface area contributed by atoms with Gasteiger partial charge in [-0.2, -0.15) is 5.26 Å². The molecule has 0 atom stereocenters. The number of amides is 1. The van der Waals surface area contributed by atoms with E-state index in [0.29, 0.717) is 5.92 Å². The Morgan fingerprint density at radius 1 is 1.14 bits per heavy atom. The van der Waals surface area contributed by atoms with Gasteiger partial charge in [-0.3, -0.25) is 4.79 Å². The van der Waals surface area contributed by atoms with Crippen molar-refractivity contribution in [2.75, 3.05) is 13.1 Å². The SMILES string of the molecule is N#CC1(C(=O)N2CCC(c3ccccc3)CC2)CCCC1. The maximum atomic E-state index is 12.7. The molecule has 1 aliphatic carbocycles. The van der Waals surface area contributed by atoms with Crippen molar-refractivity contribution >= 4 is 5.91 Å². The van der Waals surface area contributed by atoms with Crippen LogP contribution in [0.3, 0.4) is 0 Å². The van der Waals surface area contributed by atoms with Crippen molar-refractivity contribution in [1.29, 1.82) is 5.26 Å². The first-order valence-electron chi connectivity index (χ1n) is 8.01. The molecule has 0 bridgehead atoms. The first kappa shape index (κ1) is 14.1. The van der Waals surface area contributed by atoms with Crippen molar-refractivity contribution < 1.29 is 4.79 Å². The number of rotatable bonds is 2. The van der Waals surface area contributed by atoms with E-state index in [1.807, 2.05) is 11.0 Å². The molecule has 2 fully saturated rings. The fraction of sp³-hybridized carbons (Fsp3) is 0.556. The number of nitriles is 1. The molecule has 1 saturated carbocycles. The highest BCUT2D eigenvalue weighted by Crippen LogP contribution is 2.40. The van der Waals surface area contributed by atoms with Crippen molar-refractivity contribution in [3.8, 4) is 6.07 Å². The minimum Gasteiger partial charge on any atom is -0.341 e. The fourth-order valence-corrected chi connectivity index (χ4v) is 3.80. The Morgan fingerprint density at radius 2 is 1.76 bits per heavy atom. The number of piperidine rings is 1. The van der Waals surface area contributed by atoms with Crippen LogP contribution in [0, 0.1) is 16.7 Å². The van der Waals surface area contributed by atoms with Crippen LogP contribution in [0.5, 0.6) is 0 Å². The predicted molar refractivity (Wildman–Crippen MR) is 81.5 cm³/mol. The molecule has 1 aliphatic heterocycles. The molecule has 0 N–H and O–H groups in total. The van der Waals surface area contributed by atoms with Gasteiger partial charge in [0.1, 0.15) is 5.41 Å². The Morgan fingerprint density at radius 3 is 2.33 bits per heavy atom. The smallest absolute Gasteiger partial charge is 0.243 e. The summed E-state index contributed by atoms with van der Waals surface area (Å²) in [6, 6.07) is 12.9. The Balaban J connectivity index is 1.63. The quantitative estimate of drug-likeness (QED) is 0.833. The molecule has 0 spiro atoms. The van der Waals surface area contributed by atoms with Crippen molar-refractivity contribution in [3.63, 3.8) is 0 Å². The molecule has 1 aromatic carbocycles. The molecule has 0 radical (unpaired) electrons. The number of likely N-dealkylation sites (tertiary alicyclic amines) is 1. The minimum atomic E-state index is -0.709. The molecule has 1 heterocycles. The second kappa shape index (κ2) is 5.89. The summed E-state index contributed by atoms with van der Waals surface area (Å²) in [6.45, 7) is 1.59. The Labute approximate surface area is 126 Å². The van der Waals surface area contributed by atoms with Crippen molar-refractivity contribution in [1.82, 2.24) is 4.90 Å². The third-order valence-electron chi connectivity index (χ3n) is 5.13. The van der Waals surface area contributed by atoms with Crippen molar-refractivity contribution in [3.05, 3.63) is 35.9 Å². The summed E-state index contributed by atoms with van der Waals surface area (Å²) in [7, 11) is 0. The fourth-order valence-electron chi connectivity index (χ4n) is 3.80. The van der Waals surface area contributed by atoms with E-state index in [9.17, 15) is 10.1 Å². The van der Waals surface area contributed by atoms with Gasteiger partial charge in [-0.25, -0.2) is 0 Å². The summed E-state index contributed by atoms with van der Waals surface area (Å²) in [5, 5.41) is 9.45. The zero-order valence-electron chi connectivity index (χ0n) is 12.4. The lowest BCUT2D eigenvalue weighted by Crippen LogP contribution is -2.45. The standard InChI is InChI=1S/C18H22N2O/c19-14-18(10-4-5-11-18)17(21)20-12-8-16(9-13-20)15-6-2-1-3-7-15/h1-3,6-7,16H,4-5,8-13H2. The lowest BCUT2D eigenvalue weighted by molar-refractivity contribution is -0.139. The summed E-state index contributed by atoms with van der Waals surface area (Å²) >= 11 is 0. The van der Waals surface area contributed by atoms with E-state index in [2.05, 4.69) is 30.3 Å². The monoisotopic (exact) mass is 282 g/mol. The topological polar surface area (TPSA) is 44.1 Å². The number of nitrogens with zero attached hydrogens (tertiary/aromatic N) is 2. The Hall–Kier alpha value is -1.82. The third kappa shape index (κ3) is 2.68. The molecular weight excluding hydrogens is 260 g/mol. The second-order valence-corrected chi connectivity index (χ2v) is 6.38. The van der Waals surface area contributed by atoms with Crippen molar-refractivity contribution in [2.24, 2.45) is 5.41 Å². The van der Waals surface area contributed by atoms with Gasteiger partial charge in [0, 0.05) is 13.1 Å². The summed E-state index contributed by atoms with van der Waals surface area (Å²) in [4.78, 5) is 14.6. The largest absolute Gasteiger partial charge is 0.341 e. The molecule has 21 heavy (non-hydrogen) atoms. The number of carbonyl (C=O) groups excluding carboxylic acids is 1. The van der Waals surface area contributed by atoms with Gasteiger partial charge in [0.05, 0.1) is 6.07 Å². The van der Waals surface area contributed by atoms with E-state index in [0.717, 1.165) is 51.6 Å². The number of hydrogen-bond donors (Lipinski definition) is 0. The third-order valence-corrected chi connectivity index (χ3v) is 5.13. The summed E-state index contributed by atoms with van der Waals surface area (Å²) < 4.78 is 0. The van der Waals surface area contributed by atoms with Crippen LogP contribution in [0.4, 0.5) is 0 Å². The maximum Gasteiger partial charge on any atom is 0.243 e. The molecule has 1 aromatic rings. The van der Waals surface area contributed by atoms with Crippen LogP contribution in [0.15, 0.2) is 30.3 Å².